The van der Waals surface area contributed by atoms with Crippen LogP contribution in [0.2, 0.25) is 0 Å². The molecule has 1 aliphatic rings. The first-order valence-electron chi connectivity index (χ1n) is 9.16. The minimum absolute atomic E-state index is 0. The van der Waals surface area contributed by atoms with E-state index in [0.717, 1.165) is 42.8 Å². The second-order valence-electron chi connectivity index (χ2n) is 6.89. The Morgan fingerprint density at radius 3 is 2.93 bits per heavy atom. The van der Waals surface area contributed by atoms with Crippen molar-refractivity contribution in [1.29, 1.82) is 0 Å². The van der Waals surface area contributed by atoms with Gasteiger partial charge in [-0.3, -0.25) is 10.1 Å². The van der Waals surface area contributed by atoms with E-state index in [-0.39, 0.29) is 18.3 Å². The van der Waals surface area contributed by atoms with Crippen LogP contribution in [0.25, 0.3) is 10.9 Å². The largest absolute Gasteiger partial charge is 0.361 e. The molecule has 144 valence electrons. The monoisotopic (exact) mass is 388 g/mol. The highest BCUT2D eigenvalue weighted by Crippen LogP contribution is 2.23. The third kappa shape index (κ3) is 4.48. The van der Waals surface area contributed by atoms with Crippen molar-refractivity contribution in [2.45, 2.75) is 31.6 Å². The van der Waals surface area contributed by atoms with Gasteiger partial charge in [0.1, 0.15) is 0 Å². The van der Waals surface area contributed by atoms with Gasteiger partial charge in [-0.05, 0) is 61.5 Å². The summed E-state index contributed by atoms with van der Waals surface area (Å²) < 4.78 is 1.67. The Morgan fingerprint density at radius 2 is 2.11 bits per heavy atom. The van der Waals surface area contributed by atoms with Gasteiger partial charge in [-0.2, -0.15) is 10.1 Å². The van der Waals surface area contributed by atoms with E-state index in [2.05, 4.69) is 43.9 Å². The second kappa shape index (κ2) is 8.54. The summed E-state index contributed by atoms with van der Waals surface area (Å²) in [6.07, 6.45) is 5.13. The standard InChI is InChI=1S/C19H24N6O.ClH/c1-25-19(23-18(24-25)14-6-9-20-10-7-14)22-17(26)5-3-13-2-4-16-15(12-13)8-11-21-16;/h2,4,8,11-12,14,20-21H,3,5-7,9-10H2,1H3,(H,22,23,24,26);1H. The number of fused-ring (bicyclic) bond motifs is 1. The van der Waals surface area contributed by atoms with E-state index in [9.17, 15) is 4.79 Å². The molecule has 2 aromatic heterocycles. The normalized spacial score (nSPS) is 14.9. The van der Waals surface area contributed by atoms with Crippen LogP contribution in [-0.2, 0) is 18.3 Å². The number of H-pyrrole nitrogens is 1. The van der Waals surface area contributed by atoms with E-state index in [0.29, 0.717) is 24.7 Å². The summed E-state index contributed by atoms with van der Waals surface area (Å²) in [5.74, 6) is 1.71. The topological polar surface area (TPSA) is 87.6 Å². The third-order valence-corrected chi connectivity index (χ3v) is 4.99. The molecule has 1 fully saturated rings. The number of hydrogen-bond donors (Lipinski definition) is 3. The van der Waals surface area contributed by atoms with Crippen molar-refractivity contribution in [2.75, 3.05) is 18.4 Å². The summed E-state index contributed by atoms with van der Waals surface area (Å²) in [6.45, 7) is 1.99. The number of rotatable bonds is 5. The van der Waals surface area contributed by atoms with E-state index in [4.69, 9.17) is 0 Å². The van der Waals surface area contributed by atoms with Crippen molar-refractivity contribution in [3.8, 4) is 0 Å². The second-order valence-corrected chi connectivity index (χ2v) is 6.89. The Balaban J connectivity index is 0.00000210. The van der Waals surface area contributed by atoms with Crippen LogP contribution < -0.4 is 10.6 Å². The number of hydrogen-bond acceptors (Lipinski definition) is 4. The summed E-state index contributed by atoms with van der Waals surface area (Å²) in [5.41, 5.74) is 2.27. The maximum atomic E-state index is 12.3. The maximum absolute atomic E-state index is 12.3. The molecule has 0 aliphatic carbocycles. The lowest BCUT2D eigenvalue weighted by Crippen LogP contribution is -2.27. The predicted molar refractivity (Wildman–Crippen MR) is 108 cm³/mol. The zero-order chi connectivity index (χ0) is 17.9. The minimum Gasteiger partial charge on any atom is -0.361 e. The van der Waals surface area contributed by atoms with Gasteiger partial charge < -0.3 is 10.3 Å². The fourth-order valence-electron chi connectivity index (χ4n) is 3.47. The summed E-state index contributed by atoms with van der Waals surface area (Å²) in [4.78, 5) is 20.1. The molecule has 0 unspecified atom stereocenters. The van der Waals surface area contributed by atoms with Crippen LogP contribution in [-0.4, -0.2) is 38.7 Å². The summed E-state index contributed by atoms with van der Waals surface area (Å²) >= 11 is 0. The lowest BCUT2D eigenvalue weighted by molar-refractivity contribution is -0.116. The molecule has 3 heterocycles. The van der Waals surface area contributed by atoms with Gasteiger partial charge in [0.25, 0.3) is 0 Å². The molecule has 0 spiro atoms. The van der Waals surface area contributed by atoms with Crippen molar-refractivity contribution < 1.29 is 4.79 Å². The van der Waals surface area contributed by atoms with Crippen LogP contribution in [0.5, 0.6) is 0 Å². The number of aromatic nitrogens is 4. The Bertz CT molecular complexity index is 912. The quantitative estimate of drug-likeness (QED) is 0.627. The summed E-state index contributed by atoms with van der Waals surface area (Å²) in [7, 11) is 1.83. The predicted octanol–water partition coefficient (Wildman–Crippen LogP) is 2.76. The first-order chi connectivity index (χ1) is 12.7. The van der Waals surface area contributed by atoms with Crippen LogP contribution in [0.15, 0.2) is 30.5 Å². The average Bonchev–Trinajstić information content (AvgIpc) is 3.27. The number of piperidine rings is 1. The number of halogens is 1. The first kappa shape index (κ1) is 19.4. The molecule has 8 heteroatoms. The number of amides is 1. The molecule has 1 saturated heterocycles. The Morgan fingerprint density at radius 1 is 1.30 bits per heavy atom. The SMILES string of the molecule is Cl.Cn1nc(C2CCNCC2)nc1NC(=O)CCc1ccc2[nH]ccc2c1. The van der Waals surface area contributed by atoms with E-state index in [1.807, 2.05) is 19.3 Å². The van der Waals surface area contributed by atoms with Gasteiger partial charge in [0.2, 0.25) is 11.9 Å². The van der Waals surface area contributed by atoms with Crippen molar-refractivity contribution in [3.05, 3.63) is 41.9 Å². The number of carbonyl (C=O) groups is 1. The van der Waals surface area contributed by atoms with Crippen LogP contribution in [0.4, 0.5) is 5.95 Å². The molecule has 1 aromatic carbocycles. The van der Waals surface area contributed by atoms with Crippen LogP contribution >= 0.6 is 12.4 Å². The molecule has 1 amide bonds. The number of aryl methyl sites for hydroxylation is 2. The lowest BCUT2D eigenvalue weighted by Gasteiger charge is -2.19. The number of carbonyl (C=O) groups excluding carboxylic acids is 1. The van der Waals surface area contributed by atoms with E-state index >= 15 is 0 Å². The maximum Gasteiger partial charge on any atom is 0.227 e. The highest BCUT2D eigenvalue weighted by atomic mass is 35.5. The molecule has 0 bridgehead atoms. The smallest absolute Gasteiger partial charge is 0.227 e. The molecule has 27 heavy (non-hydrogen) atoms. The zero-order valence-electron chi connectivity index (χ0n) is 15.4. The number of nitrogens with zero attached hydrogens (tertiary/aromatic N) is 3. The number of nitrogens with one attached hydrogen (secondary N) is 3. The van der Waals surface area contributed by atoms with Gasteiger partial charge >= 0.3 is 0 Å². The highest BCUT2D eigenvalue weighted by Gasteiger charge is 2.21. The lowest BCUT2D eigenvalue weighted by atomic mass is 9.98. The number of benzene rings is 1. The molecule has 0 atom stereocenters. The van der Waals surface area contributed by atoms with Gasteiger partial charge in [0.15, 0.2) is 5.82 Å². The van der Waals surface area contributed by atoms with Crippen LogP contribution in [0.1, 0.15) is 36.6 Å². The number of anilines is 1. The molecule has 0 radical (unpaired) electrons. The fraction of sp³-hybridized carbons (Fsp3) is 0.421. The van der Waals surface area contributed by atoms with Crippen LogP contribution in [0, 0.1) is 0 Å². The van der Waals surface area contributed by atoms with E-state index < -0.39 is 0 Å². The third-order valence-electron chi connectivity index (χ3n) is 4.99. The number of aromatic amines is 1. The van der Waals surface area contributed by atoms with E-state index in [1.165, 1.54) is 5.39 Å². The average molecular weight is 389 g/mol. The van der Waals surface area contributed by atoms with Crippen molar-refractivity contribution >= 4 is 35.2 Å². The van der Waals surface area contributed by atoms with Crippen molar-refractivity contribution in [1.82, 2.24) is 25.1 Å². The first-order valence-corrected chi connectivity index (χ1v) is 9.16. The Kier molecular flexibility index (Phi) is 6.13. The molecule has 3 aromatic rings. The summed E-state index contributed by atoms with van der Waals surface area (Å²) in [5, 5.41) is 11.9. The van der Waals surface area contributed by atoms with Crippen molar-refractivity contribution in [2.24, 2.45) is 7.05 Å². The Hall–Kier alpha value is -2.38. The molecule has 0 saturated carbocycles. The highest BCUT2D eigenvalue weighted by molar-refractivity contribution is 5.89. The van der Waals surface area contributed by atoms with Gasteiger partial charge in [-0.15, -0.1) is 12.4 Å². The molecule has 4 rings (SSSR count). The molecular weight excluding hydrogens is 364 g/mol. The molecule has 3 N–H and O–H groups in total. The summed E-state index contributed by atoms with van der Waals surface area (Å²) in [6, 6.07) is 8.28. The van der Waals surface area contributed by atoms with Crippen molar-refractivity contribution in [3.63, 3.8) is 0 Å². The zero-order valence-corrected chi connectivity index (χ0v) is 16.2. The van der Waals surface area contributed by atoms with Gasteiger partial charge in [-0.1, -0.05) is 6.07 Å². The van der Waals surface area contributed by atoms with Gasteiger partial charge in [0, 0.05) is 31.1 Å². The van der Waals surface area contributed by atoms with Gasteiger partial charge in [0.05, 0.1) is 0 Å². The molecule has 7 nitrogen and oxygen atoms in total. The van der Waals surface area contributed by atoms with Crippen LogP contribution in [0.3, 0.4) is 0 Å². The van der Waals surface area contributed by atoms with Gasteiger partial charge in [-0.25, -0.2) is 4.68 Å². The molecular formula is C19H25ClN6O. The van der Waals surface area contributed by atoms with E-state index in [1.54, 1.807) is 4.68 Å². The molecule has 1 aliphatic heterocycles. The Labute approximate surface area is 164 Å². The fourth-order valence-corrected chi connectivity index (χ4v) is 3.47. The minimum atomic E-state index is -0.0356.